The van der Waals surface area contributed by atoms with Crippen LogP contribution in [0.4, 0.5) is 5.69 Å². The Morgan fingerprint density at radius 3 is 2.61 bits per heavy atom. The zero-order valence-corrected chi connectivity index (χ0v) is 13.0. The van der Waals surface area contributed by atoms with E-state index in [1.54, 1.807) is 42.6 Å². The molecule has 0 aliphatic rings. The third-order valence-corrected chi connectivity index (χ3v) is 2.85. The number of rotatable bonds is 5. The Morgan fingerprint density at radius 2 is 2.04 bits per heavy atom. The van der Waals surface area contributed by atoms with Crippen LogP contribution in [-0.4, -0.2) is 17.0 Å². The molecule has 0 bridgehead atoms. The topological polar surface area (TPSA) is 75.0 Å². The predicted molar refractivity (Wildman–Crippen MR) is 88.7 cm³/mol. The zero-order valence-electron chi connectivity index (χ0n) is 13.0. The number of hydrogen-bond acceptors (Lipinski definition) is 4. The Bertz CT molecular complexity index is 729. The fourth-order valence-corrected chi connectivity index (χ4v) is 1.87. The van der Waals surface area contributed by atoms with Crippen LogP contribution in [0.15, 0.2) is 54.4 Å². The Kier molecular flexibility index (Phi) is 5.48. The number of aromatic nitrogens is 1. The molecule has 1 N–H and O–H groups in total. The summed E-state index contributed by atoms with van der Waals surface area (Å²) in [6.07, 6.45) is 4.75. The summed E-state index contributed by atoms with van der Waals surface area (Å²) in [5.74, 6) is 0.276. The normalized spacial score (nSPS) is 11.0. The largest absolute Gasteiger partial charge is 0.491 e. The maximum Gasteiger partial charge on any atom is 0.266 e. The van der Waals surface area contributed by atoms with Crippen LogP contribution in [0, 0.1) is 11.3 Å². The van der Waals surface area contributed by atoms with Crippen molar-refractivity contribution in [2.45, 2.75) is 20.0 Å². The highest BCUT2D eigenvalue weighted by Crippen LogP contribution is 2.16. The monoisotopic (exact) mass is 307 g/mol. The van der Waals surface area contributed by atoms with Crippen molar-refractivity contribution >= 4 is 17.7 Å². The molecule has 0 radical (unpaired) electrons. The summed E-state index contributed by atoms with van der Waals surface area (Å²) in [7, 11) is 0. The van der Waals surface area contributed by atoms with Crippen LogP contribution in [0.1, 0.15) is 19.4 Å². The van der Waals surface area contributed by atoms with Crippen molar-refractivity contribution in [3.63, 3.8) is 0 Å². The molecule has 1 aromatic heterocycles. The molecule has 2 rings (SSSR count). The van der Waals surface area contributed by atoms with Gasteiger partial charge in [-0.05, 0) is 49.8 Å². The number of anilines is 1. The van der Waals surface area contributed by atoms with E-state index in [9.17, 15) is 10.1 Å². The second-order valence-electron chi connectivity index (χ2n) is 5.10. The number of carbonyl (C=O) groups is 1. The summed E-state index contributed by atoms with van der Waals surface area (Å²) in [4.78, 5) is 16.0. The first kappa shape index (κ1) is 16.2. The average Bonchev–Trinajstić information content (AvgIpc) is 2.54. The summed E-state index contributed by atoms with van der Waals surface area (Å²) in [5, 5.41) is 11.8. The molecular weight excluding hydrogens is 290 g/mol. The molecule has 0 aliphatic heterocycles. The number of nitrogens with one attached hydrogen (secondary N) is 1. The van der Waals surface area contributed by atoms with Crippen LogP contribution in [0.3, 0.4) is 0 Å². The molecule has 0 unspecified atom stereocenters. The van der Waals surface area contributed by atoms with Crippen molar-refractivity contribution < 1.29 is 9.53 Å². The maximum absolute atomic E-state index is 12.1. The van der Waals surface area contributed by atoms with E-state index in [0.29, 0.717) is 5.69 Å². The molecule has 2 aromatic rings. The van der Waals surface area contributed by atoms with Gasteiger partial charge in [-0.15, -0.1) is 0 Å². The van der Waals surface area contributed by atoms with Crippen LogP contribution in [0.5, 0.6) is 5.75 Å². The smallest absolute Gasteiger partial charge is 0.266 e. The molecule has 0 saturated carbocycles. The molecule has 23 heavy (non-hydrogen) atoms. The van der Waals surface area contributed by atoms with Crippen molar-refractivity contribution in [1.82, 2.24) is 4.98 Å². The highest BCUT2D eigenvalue weighted by Gasteiger charge is 2.09. The third-order valence-electron chi connectivity index (χ3n) is 2.85. The van der Waals surface area contributed by atoms with E-state index in [1.807, 2.05) is 19.9 Å². The van der Waals surface area contributed by atoms with E-state index in [-0.39, 0.29) is 11.7 Å². The quantitative estimate of drug-likeness (QED) is 0.678. The number of amides is 1. The van der Waals surface area contributed by atoms with Gasteiger partial charge in [-0.25, -0.2) is 0 Å². The molecule has 5 nitrogen and oxygen atoms in total. The van der Waals surface area contributed by atoms with E-state index in [1.165, 1.54) is 12.3 Å². The Morgan fingerprint density at radius 1 is 1.30 bits per heavy atom. The molecule has 5 heteroatoms. The number of ether oxygens (including phenoxy) is 1. The maximum atomic E-state index is 12.1. The van der Waals surface area contributed by atoms with Crippen molar-refractivity contribution in [2.75, 3.05) is 5.32 Å². The number of hydrogen-bond donors (Lipinski definition) is 1. The molecule has 0 fully saturated rings. The number of pyridine rings is 1. The van der Waals surface area contributed by atoms with E-state index >= 15 is 0 Å². The predicted octanol–water partition coefficient (Wildman–Crippen LogP) is 3.41. The van der Waals surface area contributed by atoms with E-state index in [2.05, 4.69) is 10.3 Å². The first-order valence-electron chi connectivity index (χ1n) is 7.18. The van der Waals surface area contributed by atoms with Crippen LogP contribution in [-0.2, 0) is 4.79 Å². The molecule has 116 valence electrons. The van der Waals surface area contributed by atoms with Crippen molar-refractivity contribution in [3.8, 4) is 11.8 Å². The van der Waals surface area contributed by atoms with Crippen LogP contribution < -0.4 is 10.1 Å². The second kappa shape index (κ2) is 7.76. The highest BCUT2D eigenvalue weighted by molar-refractivity contribution is 6.09. The Balaban J connectivity index is 2.12. The van der Waals surface area contributed by atoms with Gasteiger partial charge in [0.2, 0.25) is 0 Å². The van der Waals surface area contributed by atoms with Gasteiger partial charge >= 0.3 is 0 Å². The number of carbonyl (C=O) groups excluding carboxylic acids is 1. The molecule has 0 aliphatic carbocycles. The summed E-state index contributed by atoms with van der Waals surface area (Å²) < 4.78 is 5.56. The van der Waals surface area contributed by atoms with E-state index in [0.717, 1.165) is 11.3 Å². The van der Waals surface area contributed by atoms with Crippen molar-refractivity contribution in [2.24, 2.45) is 0 Å². The number of nitriles is 1. The van der Waals surface area contributed by atoms with Crippen LogP contribution >= 0.6 is 0 Å². The molecule has 0 saturated heterocycles. The van der Waals surface area contributed by atoms with Crippen molar-refractivity contribution in [3.05, 3.63) is 59.9 Å². The van der Waals surface area contributed by atoms with Gasteiger partial charge in [0, 0.05) is 6.20 Å². The summed E-state index contributed by atoms with van der Waals surface area (Å²) in [6.45, 7) is 3.90. The lowest BCUT2D eigenvalue weighted by molar-refractivity contribution is -0.112. The minimum Gasteiger partial charge on any atom is -0.491 e. The third kappa shape index (κ3) is 4.97. The highest BCUT2D eigenvalue weighted by atomic mass is 16.5. The zero-order chi connectivity index (χ0) is 16.7. The second-order valence-corrected chi connectivity index (χ2v) is 5.10. The van der Waals surface area contributed by atoms with Gasteiger partial charge in [0.1, 0.15) is 17.4 Å². The van der Waals surface area contributed by atoms with Gasteiger partial charge in [0.05, 0.1) is 18.0 Å². The van der Waals surface area contributed by atoms with Gasteiger partial charge in [-0.2, -0.15) is 5.26 Å². The molecule has 1 amide bonds. The molecule has 1 aromatic carbocycles. The Labute approximate surface area is 135 Å². The van der Waals surface area contributed by atoms with Gasteiger partial charge in [0.15, 0.2) is 0 Å². The van der Waals surface area contributed by atoms with Gasteiger partial charge in [-0.3, -0.25) is 9.78 Å². The van der Waals surface area contributed by atoms with Gasteiger partial charge in [-0.1, -0.05) is 12.1 Å². The minimum absolute atomic E-state index is 0.0198. The first-order valence-corrected chi connectivity index (χ1v) is 7.18. The van der Waals surface area contributed by atoms with Crippen LogP contribution in [0.2, 0.25) is 0 Å². The SMILES string of the molecule is CC(C)Oc1ccc(/C=C(\C#N)C(=O)Nc2cccnc2)cc1. The summed E-state index contributed by atoms with van der Waals surface area (Å²) >= 11 is 0. The summed E-state index contributed by atoms with van der Waals surface area (Å²) in [6, 6.07) is 12.5. The minimum atomic E-state index is -0.469. The van der Waals surface area contributed by atoms with Gasteiger partial charge < -0.3 is 10.1 Å². The molecule has 0 spiro atoms. The molecular formula is C18H17N3O2. The molecule has 1 heterocycles. The van der Waals surface area contributed by atoms with Gasteiger partial charge in [0.25, 0.3) is 5.91 Å². The first-order chi connectivity index (χ1) is 11.1. The van der Waals surface area contributed by atoms with E-state index < -0.39 is 5.91 Å². The van der Waals surface area contributed by atoms with Crippen molar-refractivity contribution in [1.29, 1.82) is 5.26 Å². The summed E-state index contributed by atoms with van der Waals surface area (Å²) in [5.41, 5.74) is 1.31. The Hall–Kier alpha value is -3.13. The lowest BCUT2D eigenvalue weighted by Crippen LogP contribution is -2.13. The standard InChI is InChI=1S/C18H17N3O2/c1-13(2)23-17-7-5-14(6-8-17)10-15(11-19)18(22)21-16-4-3-9-20-12-16/h3-10,12-13H,1-2H3,(H,21,22)/b15-10+. The van der Waals surface area contributed by atoms with Crippen LogP contribution in [0.25, 0.3) is 6.08 Å². The number of benzene rings is 1. The lowest BCUT2D eigenvalue weighted by Gasteiger charge is -2.09. The molecule has 0 atom stereocenters. The fraction of sp³-hybridized carbons (Fsp3) is 0.167. The fourth-order valence-electron chi connectivity index (χ4n) is 1.87. The lowest BCUT2D eigenvalue weighted by atomic mass is 10.1. The average molecular weight is 307 g/mol. The number of nitrogens with zero attached hydrogens (tertiary/aromatic N) is 2. The van der Waals surface area contributed by atoms with E-state index in [4.69, 9.17) is 4.74 Å².